The Kier molecular flexibility index (Phi) is 7.02. The molecule has 0 aliphatic carbocycles. The number of anilines is 1. The van der Waals surface area contributed by atoms with Crippen LogP contribution in [0, 0.1) is 6.92 Å². The summed E-state index contributed by atoms with van der Waals surface area (Å²) < 4.78 is 10.9. The number of ether oxygens (including phenoxy) is 2. The van der Waals surface area contributed by atoms with E-state index in [-0.39, 0.29) is 5.91 Å². The average Bonchev–Trinajstić information content (AvgIpc) is 2.82. The Morgan fingerprint density at radius 3 is 2.27 bits per heavy atom. The molecule has 178 valence electrons. The van der Waals surface area contributed by atoms with Gasteiger partial charge in [-0.2, -0.15) is 0 Å². The van der Waals surface area contributed by atoms with E-state index in [0.29, 0.717) is 24.8 Å². The maximum atomic E-state index is 13.1. The Balaban J connectivity index is 1.34. The first-order valence-electron chi connectivity index (χ1n) is 11.7. The van der Waals surface area contributed by atoms with Gasteiger partial charge >= 0.3 is 0 Å². The van der Waals surface area contributed by atoms with E-state index in [1.165, 1.54) is 5.56 Å². The van der Waals surface area contributed by atoms with Crippen LogP contribution in [0.3, 0.4) is 0 Å². The number of carbonyl (C=O) groups is 1. The second kappa shape index (κ2) is 9.95. The third-order valence-corrected chi connectivity index (χ3v) is 6.50. The van der Waals surface area contributed by atoms with Crippen LogP contribution >= 0.6 is 0 Å². The normalized spacial score (nSPS) is 16.7. The fourth-order valence-electron chi connectivity index (χ4n) is 4.52. The SMILES string of the molecule is COc1cc2c(cc1OC)CN(C(=O)CN1CCN(c3cc(C)nc(C(C)C)n3)CC1)CC2. The lowest BCUT2D eigenvalue weighted by atomic mass is 9.98. The second-order valence-electron chi connectivity index (χ2n) is 9.18. The van der Waals surface area contributed by atoms with Crippen molar-refractivity contribution in [3.8, 4) is 11.5 Å². The molecule has 0 saturated carbocycles. The number of fused-ring (bicyclic) bond motifs is 1. The largest absolute Gasteiger partial charge is 0.493 e. The number of benzene rings is 1. The molecule has 1 saturated heterocycles. The monoisotopic (exact) mass is 453 g/mol. The topological polar surface area (TPSA) is 71.0 Å². The minimum atomic E-state index is 0.184. The molecule has 2 aromatic rings. The highest BCUT2D eigenvalue weighted by Crippen LogP contribution is 2.33. The number of nitrogens with zero attached hydrogens (tertiary/aromatic N) is 5. The van der Waals surface area contributed by atoms with E-state index in [9.17, 15) is 4.79 Å². The summed E-state index contributed by atoms with van der Waals surface area (Å²) >= 11 is 0. The molecule has 3 heterocycles. The highest BCUT2D eigenvalue weighted by Gasteiger charge is 2.26. The first-order chi connectivity index (χ1) is 15.9. The molecule has 0 spiro atoms. The Morgan fingerprint density at radius 1 is 0.970 bits per heavy atom. The van der Waals surface area contributed by atoms with E-state index in [2.05, 4.69) is 34.7 Å². The van der Waals surface area contributed by atoms with Gasteiger partial charge in [0.05, 0.1) is 20.8 Å². The van der Waals surface area contributed by atoms with Crippen LogP contribution in [0.5, 0.6) is 11.5 Å². The highest BCUT2D eigenvalue weighted by molar-refractivity contribution is 5.78. The molecule has 1 aromatic heterocycles. The van der Waals surface area contributed by atoms with Crippen LogP contribution in [0.25, 0.3) is 0 Å². The van der Waals surface area contributed by atoms with Gasteiger partial charge in [0.2, 0.25) is 5.91 Å². The van der Waals surface area contributed by atoms with E-state index in [4.69, 9.17) is 14.5 Å². The van der Waals surface area contributed by atoms with Gasteiger partial charge in [0.1, 0.15) is 11.6 Å². The van der Waals surface area contributed by atoms with Crippen LogP contribution in [-0.4, -0.2) is 79.2 Å². The zero-order chi connectivity index (χ0) is 23.5. The smallest absolute Gasteiger partial charge is 0.237 e. The van der Waals surface area contributed by atoms with Crippen molar-refractivity contribution < 1.29 is 14.3 Å². The number of hydrogen-bond acceptors (Lipinski definition) is 7. The predicted molar refractivity (Wildman–Crippen MR) is 128 cm³/mol. The number of aryl methyl sites for hydroxylation is 1. The van der Waals surface area contributed by atoms with Crippen molar-refractivity contribution in [3.05, 3.63) is 40.8 Å². The Morgan fingerprint density at radius 2 is 1.64 bits per heavy atom. The van der Waals surface area contributed by atoms with Gasteiger partial charge in [0, 0.05) is 56.9 Å². The van der Waals surface area contributed by atoms with Gasteiger partial charge in [-0.15, -0.1) is 0 Å². The standard InChI is InChI=1S/C25H35N5O3/c1-17(2)25-26-18(3)12-23(27-25)29-10-8-28(9-11-29)16-24(31)30-7-6-19-13-21(32-4)22(33-5)14-20(19)15-30/h12-14,17H,6-11,15-16H2,1-5H3. The lowest BCUT2D eigenvalue weighted by Crippen LogP contribution is -2.50. The minimum absolute atomic E-state index is 0.184. The molecule has 0 radical (unpaired) electrons. The van der Waals surface area contributed by atoms with E-state index >= 15 is 0 Å². The number of carbonyl (C=O) groups excluding carboxylic acids is 1. The molecule has 0 bridgehead atoms. The minimum Gasteiger partial charge on any atom is -0.493 e. The Bertz CT molecular complexity index is 1000. The van der Waals surface area contributed by atoms with Crippen molar-refractivity contribution in [2.75, 3.05) is 58.4 Å². The maximum absolute atomic E-state index is 13.1. The third kappa shape index (κ3) is 5.21. The quantitative estimate of drug-likeness (QED) is 0.666. The predicted octanol–water partition coefficient (Wildman–Crippen LogP) is 2.63. The summed E-state index contributed by atoms with van der Waals surface area (Å²) in [6, 6.07) is 6.09. The van der Waals surface area contributed by atoms with Crippen molar-refractivity contribution in [1.82, 2.24) is 19.8 Å². The van der Waals surface area contributed by atoms with E-state index in [1.54, 1.807) is 14.2 Å². The van der Waals surface area contributed by atoms with Crippen LogP contribution in [0.1, 0.15) is 42.4 Å². The summed E-state index contributed by atoms with van der Waals surface area (Å²) in [4.78, 5) is 28.9. The summed E-state index contributed by atoms with van der Waals surface area (Å²) in [5, 5.41) is 0. The molecule has 8 heteroatoms. The van der Waals surface area contributed by atoms with Crippen LogP contribution in [0.4, 0.5) is 5.82 Å². The molecule has 4 rings (SSSR count). The van der Waals surface area contributed by atoms with E-state index in [1.807, 2.05) is 24.0 Å². The van der Waals surface area contributed by atoms with Gasteiger partial charge in [-0.05, 0) is 36.6 Å². The number of amides is 1. The van der Waals surface area contributed by atoms with Gasteiger partial charge in [-0.3, -0.25) is 9.69 Å². The number of piperazine rings is 1. The van der Waals surface area contributed by atoms with Crippen molar-refractivity contribution in [2.24, 2.45) is 0 Å². The van der Waals surface area contributed by atoms with Crippen molar-refractivity contribution in [3.63, 3.8) is 0 Å². The summed E-state index contributed by atoms with van der Waals surface area (Å²) in [5.41, 5.74) is 3.37. The molecular weight excluding hydrogens is 418 g/mol. The van der Waals surface area contributed by atoms with Crippen LogP contribution < -0.4 is 14.4 Å². The molecule has 1 aromatic carbocycles. The molecule has 8 nitrogen and oxygen atoms in total. The van der Waals surface area contributed by atoms with Gasteiger partial charge in [0.15, 0.2) is 11.5 Å². The van der Waals surface area contributed by atoms with Crippen LogP contribution in [0.2, 0.25) is 0 Å². The average molecular weight is 454 g/mol. The molecule has 33 heavy (non-hydrogen) atoms. The summed E-state index contributed by atoms with van der Waals surface area (Å²) in [6.07, 6.45) is 0.834. The first-order valence-corrected chi connectivity index (χ1v) is 11.7. The number of methoxy groups -OCH3 is 2. The van der Waals surface area contributed by atoms with Gasteiger partial charge in [-0.1, -0.05) is 13.8 Å². The van der Waals surface area contributed by atoms with Gasteiger partial charge in [-0.25, -0.2) is 9.97 Å². The third-order valence-electron chi connectivity index (χ3n) is 6.50. The van der Waals surface area contributed by atoms with Crippen LogP contribution in [0.15, 0.2) is 18.2 Å². The number of rotatable bonds is 6. The zero-order valence-electron chi connectivity index (χ0n) is 20.4. The lowest BCUT2D eigenvalue weighted by molar-refractivity contribution is -0.133. The molecule has 1 fully saturated rings. The second-order valence-corrected chi connectivity index (χ2v) is 9.18. The van der Waals surface area contributed by atoms with Crippen LogP contribution in [-0.2, 0) is 17.8 Å². The summed E-state index contributed by atoms with van der Waals surface area (Å²) in [5.74, 6) is 3.83. The maximum Gasteiger partial charge on any atom is 0.237 e. The van der Waals surface area contributed by atoms with E-state index in [0.717, 1.165) is 67.8 Å². The first kappa shape index (κ1) is 23.3. The van der Waals surface area contributed by atoms with Crippen molar-refractivity contribution in [1.29, 1.82) is 0 Å². The summed E-state index contributed by atoms with van der Waals surface area (Å²) in [7, 11) is 3.29. The molecule has 2 aliphatic heterocycles. The molecule has 1 amide bonds. The summed E-state index contributed by atoms with van der Waals surface area (Å²) in [6.45, 7) is 11.5. The molecule has 0 N–H and O–H groups in total. The van der Waals surface area contributed by atoms with E-state index < -0.39 is 0 Å². The van der Waals surface area contributed by atoms with Crippen molar-refractivity contribution in [2.45, 2.75) is 39.7 Å². The molecule has 0 atom stereocenters. The van der Waals surface area contributed by atoms with Crippen molar-refractivity contribution >= 4 is 11.7 Å². The van der Waals surface area contributed by atoms with Gasteiger partial charge in [0.25, 0.3) is 0 Å². The highest BCUT2D eigenvalue weighted by atomic mass is 16.5. The molecule has 2 aliphatic rings. The lowest BCUT2D eigenvalue weighted by Gasteiger charge is -2.37. The number of aromatic nitrogens is 2. The fraction of sp³-hybridized carbons (Fsp3) is 0.560. The molecule has 0 unspecified atom stereocenters. The van der Waals surface area contributed by atoms with Gasteiger partial charge < -0.3 is 19.3 Å². The number of hydrogen-bond donors (Lipinski definition) is 0. The zero-order valence-corrected chi connectivity index (χ0v) is 20.4. The fourth-order valence-corrected chi connectivity index (χ4v) is 4.52. The Labute approximate surface area is 196 Å². The molecular formula is C25H35N5O3. The Hall–Kier alpha value is -2.87.